The first-order valence-electron chi connectivity index (χ1n) is 8.12. The minimum atomic E-state index is 0.396. The smallest absolute Gasteiger partial charge is 0.0364 e. The van der Waals surface area contributed by atoms with Gasteiger partial charge in [0.25, 0.3) is 0 Å². The third-order valence-electron chi connectivity index (χ3n) is 4.39. The van der Waals surface area contributed by atoms with Crippen molar-refractivity contribution in [3.63, 3.8) is 0 Å². The molecule has 1 heterocycles. The normalized spacial score (nSPS) is 16.7. The van der Waals surface area contributed by atoms with Crippen LogP contribution in [0.3, 0.4) is 0 Å². The molecule has 2 nitrogen and oxygen atoms in total. The molecule has 1 aromatic heterocycles. The monoisotopic (exact) mass is 280 g/mol. The van der Waals surface area contributed by atoms with Crippen molar-refractivity contribution < 1.29 is 0 Å². The minimum Gasteiger partial charge on any atom is -0.310 e. The Morgan fingerprint density at radius 1 is 1.24 bits per heavy atom. The summed E-state index contributed by atoms with van der Waals surface area (Å²) in [5, 5.41) is 6.23. The Labute approximate surface area is 127 Å². The number of hydrogen-bond donors (Lipinski definition) is 1. The van der Waals surface area contributed by atoms with Crippen LogP contribution in [-0.4, -0.2) is 11.5 Å². The summed E-state index contributed by atoms with van der Waals surface area (Å²) in [6.45, 7) is 3.18. The Hall–Kier alpha value is -1.67. The lowest BCUT2D eigenvalue weighted by Crippen LogP contribution is -2.22. The third kappa shape index (κ3) is 3.33. The zero-order valence-corrected chi connectivity index (χ0v) is 12.8. The van der Waals surface area contributed by atoms with Crippen molar-refractivity contribution in [1.29, 1.82) is 0 Å². The van der Waals surface area contributed by atoms with Gasteiger partial charge in [0.05, 0.1) is 0 Å². The second-order valence-electron chi connectivity index (χ2n) is 5.87. The molecule has 1 unspecified atom stereocenters. The fraction of sp³-hybridized carbons (Fsp3) is 0.421. The molecule has 1 N–H and O–H groups in total. The summed E-state index contributed by atoms with van der Waals surface area (Å²) in [7, 11) is 0. The molecule has 1 aliphatic carbocycles. The third-order valence-corrected chi connectivity index (χ3v) is 4.39. The van der Waals surface area contributed by atoms with Crippen molar-refractivity contribution in [2.75, 3.05) is 6.54 Å². The number of allylic oxidation sites excluding steroid dienone is 1. The van der Waals surface area contributed by atoms with Crippen molar-refractivity contribution in [1.82, 2.24) is 10.3 Å². The Bertz CT molecular complexity index is 625. The van der Waals surface area contributed by atoms with Crippen LogP contribution in [0.5, 0.6) is 0 Å². The highest BCUT2D eigenvalue weighted by Crippen LogP contribution is 2.31. The van der Waals surface area contributed by atoms with Gasteiger partial charge in [-0.2, -0.15) is 0 Å². The average molecular weight is 280 g/mol. The van der Waals surface area contributed by atoms with E-state index in [1.165, 1.54) is 42.0 Å². The molecular weight excluding hydrogens is 256 g/mol. The Kier molecular flexibility index (Phi) is 4.66. The van der Waals surface area contributed by atoms with Crippen molar-refractivity contribution in [2.24, 2.45) is 0 Å². The second kappa shape index (κ2) is 6.86. The van der Waals surface area contributed by atoms with Gasteiger partial charge in [0, 0.05) is 23.8 Å². The van der Waals surface area contributed by atoms with E-state index in [1.807, 2.05) is 12.4 Å². The van der Waals surface area contributed by atoms with Crippen LogP contribution >= 0.6 is 0 Å². The quantitative estimate of drug-likeness (QED) is 0.798. The molecule has 2 aromatic rings. The molecule has 0 aliphatic heterocycles. The molecule has 0 amide bonds. The topological polar surface area (TPSA) is 24.9 Å². The minimum absolute atomic E-state index is 0.396. The van der Waals surface area contributed by atoms with Crippen LogP contribution in [0.25, 0.3) is 10.8 Å². The van der Waals surface area contributed by atoms with Gasteiger partial charge in [-0.3, -0.25) is 4.98 Å². The highest BCUT2D eigenvalue weighted by atomic mass is 14.9. The summed E-state index contributed by atoms with van der Waals surface area (Å²) in [4.78, 5) is 4.32. The van der Waals surface area contributed by atoms with Crippen LogP contribution in [0, 0.1) is 0 Å². The molecule has 3 rings (SSSR count). The SMILES string of the molecule is CCNC(CC1=CCCCC1)c1cccc2ccncc12. The Morgan fingerprint density at radius 3 is 3.00 bits per heavy atom. The maximum Gasteiger partial charge on any atom is 0.0364 e. The van der Waals surface area contributed by atoms with Crippen molar-refractivity contribution in [2.45, 2.75) is 45.1 Å². The summed E-state index contributed by atoms with van der Waals surface area (Å²) in [6, 6.07) is 9.08. The maximum absolute atomic E-state index is 4.32. The standard InChI is InChI=1S/C19H24N2/c1-2-21-19(13-15-7-4-3-5-8-15)17-10-6-9-16-11-12-20-14-18(16)17/h6-7,9-12,14,19,21H,2-5,8,13H2,1H3. The van der Waals surface area contributed by atoms with Gasteiger partial charge in [-0.15, -0.1) is 0 Å². The molecule has 21 heavy (non-hydrogen) atoms. The number of nitrogens with zero attached hydrogens (tertiary/aromatic N) is 1. The highest BCUT2D eigenvalue weighted by Gasteiger charge is 2.16. The van der Waals surface area contributed by atoms with Crippen molar-refractivity contribution in [3.05, 3.63) is 53.9 Å². The fourth-order valence-electron chi connectivity index (χ4n) is 3.33. The van der Waals surface area contributed by atoms with E-state index in [-0.39, 0.29) is 0 Å². The number of nitrogens with one attached hydrogen (secondary N) is 1. The lowest BCUT2D eigenvalue weighted by molar-refractivity contribution is 0.530. The predicted octanol–water partition coefficient (Wildman–Crippen LogP) is 4.78. The number of hydrogen-bond acceptors (Lipinski definition) is 2. The van der Waals surface area contributed by atoms with E-state index in [1.54, 1.807) is 5.57 Å². The second-order valence-corrected chi connectivity index (χ2v) is 5.87. The van der Waals surface area contributed by atoms with Gasteiger partial charge in [-0.25, -0.2) is 0 Å². The number of fused-ring (bicyclic) bond motifs is 1. The first-order valence-corrected chi connectivity index (χ1v) is 8.12. The van der Waals surface area contributed by atoms with Crippen LogP contribution in [0.15, 0.2) is 48.3 Å². The van der Waals surface area contributed by atoms with E-state index in [4.69, 9.17) is 0 Å². The molecular formula is C19H24N2. The molecule has 110 valence electrons. The molecule has 1 atom stereocenters. The fourth-order valence-corrected chi connectivity index (χ4v) is 3.33. The van der Waals surface area contributed by atoms with Crippen molar-refractivity contribution in [3.8, 4) is 0 Å². The first-order chi connectivity index (χ1) is 10.4. The zero-order chi connectivity index (χ0) is 14.5. The van der Waals surface area contributed by atoms with Gasteiger partial charge in [-0.1, -0.05) is 36.8 Å². The van der Waals surface area contributed by atoms with Gasteiger partial charge in [-0.05, 0) is 55.7 Å². The zero-order valence-electron chi connectivity index (χ0n) is 12.8. The van der Waals surface area contributed by atoms with E-state index in [9.17, 15) is 0 Å². The average Bonchev–Trinajstić information content (AvgIpc) is 2.55. The van der Waals surface area contributed by atoms with Crippen LogP contribution in [0.2, 0.25) is 0 Å². The van der Waals surface area contributed by atoms with E-state index < -0.39 is 0 Å². The largest absolute Gasteiger partial charge is 0.310 e. The van der Waals surface area contributed by atoms with E-state index in [2.05, 4.69) is 47.6 Å². The van der Waals surface area contributed by atoms with Gasteiger partial charge in [0.15, 0.2) is 0 Å². The highest BCUT2D eigenvalue weighted by molar-refractivity contribution is 5.85. The predicted molar refractivity (Wildman–Crippen MR) is 89.3 cm³/mol. The molecule has 0 radical (unpaired) electrons. The van der Waals surface area contributed by atoms with Crippen LogP contribution in [0.4, 0.5) is 0 Å². The summed E-state index contributed by atoms with van der Waals surface area (Å²) in [5.74, 6) is 0. The summed E-state index contributed by atoms with van der Waals surface area (Å²) in [6.07, 6.45) is 12.7. The number of aromatic nitrogens is 1. The van der Waals surface area contributed by atoms with Gasteiger partial charge in [0.2, 0.25) is 0 Å². The van der Waals surface area contributed by atoms with Crippen LogP contribution < -0.4 is 5.32 Å². The van der Waals surface area contributed by atoms with E-state index in [0.29, 0.717) is 6.04 Å². The summed E-state index contributed by atoms with van der Waals surface area (Å²) < 4.78 is 0. The molecule has 1 aromatic carbocycles. The molecule has 0 bridgehead atoms. The molecule has 0 saturated carbocycles. The molecule has 0 fully saturated rings. The van der Waals surface area contributed by atoms with Gasteiger partial charge >= 0.3 is 0 Å². The first kappa shape index (κ1) is 14.3. The summed E-state index contributed by atoms with van der Waals surface area (Å²) in [5.41, 5.74) is 3.00. The Balaban J connectivity index is 1.93. The number of pyridine rings is 1. The molecule has 2 heteroatoms. The molecule has 1 aliphatic rings. The lowest BCUT2D eigenvalue weighted by atomic mass is 9.90. The van der Waals surface area contributed by atoms with E-state index in [0.717, 1.165) is 13.0 Å². The number of benzene rings is 1. The van der Waals surface area contributed by atoms with Gasteiger partial charge in [0.1, 0.15) is 0 Å². The van der Waals surface area contributed by atoms with Crippen LogP contribution in [0.1, 0.15) is 50.6 Å². The van der Waals surface area contributed by atoms with Gasteiger partial charge < -0.3 is 5.32 Å². The molecule has 0 saturated heterocycles. The van der Waals surface area contributed by atoms with Crippen molar-refractivity contribution >= 4 is 10.8 Å². The summed E-state index contributed by atoms with van der Waals surface area (Å²) >= 11 is 0. The van der Waals surface area contributed by atoms with E-state index >= 15 is 0 Å². The maximum atomic E-state index is 4.32. The molecule has 0 spiro atoms. The number of rotatable bonds is 5. The van der Waals surface area contributed by atoms with Crippen LogP contribution in [-0.2, 0) is 0 Å². The Morgan fingerprint density at radius 2 is 2.19 bits per heavy atom. The lowest BCUT2D eigenvalue weighted by Gasteiger charge is -2.23.